The van der Waals surface area contributed by atoms with Crippen molar-refractivity contribution in [2.75, 3.05) is 6.54 Å². The maximum atomic E-state index is 12.5. The molecular formula is C29H44BrNO2. The maximum absolute atomic E-state index is 12.5. The summed E-state index contributed by atoms with van der Waals surface area (Å²) in [5.74, 6) is -0.154. The molecule has 33 heavy (non-hydrogen) atoms. The molecule has 0 saturated carbocycles. The number of carbonyl (C=O) groups is 1. The van der Waals surface area contributed by atoms with Gasteiger partial charge >= 0.3 is 0 Å². The first-order valence-electron chi connectivity index (χ1n) is 13.3. The van der Waals surface area contributed by atoms with Gasteiger partial charge in [-0.3, -0.25) is 4.79 Å². The van der Waals surface area contributed by atoms with Crippen LogP contribution in [0.1, 0.15) is 120 Å². The highest BCUT2D eigenvalue weighted by Crippen LogP contribution is 2.34. The monoisotopic (exact) mass is 517 g/mol. The number of phenolic OH excluding ortho intramolecular Hbond substituents is 1. The fraction of sp³-hybridized carbons (Fsp3) is 0.621. The van der Waals surface area contributed by atoms with Crippen molar-refractivity contribution in [1.82, 2.24) is 5.32 Å². The summed E-state index contributed by atoms with van der Waals surface area (Å²) in [6, 6.07) is 9.26. The van der Waals surface area contributed by atoms with Gasteiger partial charge in [-0.2, -0.15) is 0 Å². The number of nitrogens with one attached hydrogen (secondary N) is 1. The fourth-order valence-electron chi connectivity index (χ4n) is 4.46. The van der Waals surface area contributed by atoms with Crippen LogP contribution in [0.4, 0.5) is 0 Å². The SMILES string of the molecule is CCCCCCCCCCCCCCCCCCNC(=O)c1cc(Br)c2ccccc2c1O. The molecule has 0 spiro atoms. The molecule has 0 heterocycles. The van der Waals surface area contributed by atoms with Crippen molar-refractivity contribution in [3.05, 3.63) is 40.4 Å². The largest absolute Gasteiger partial charge is 0.506 e. The highest BCUT2D eigenvalue weighted by atomic mass is 79.9. The van der Waals surface area contributed by atoms with Crippen LogP contribution >= 0.6 is 15.9 Å². The highest BCUT2D eigenvalue weighted by molar-refractivity contribution is 9.10. The lowest BCUT2D eigenvalue weighted by atomic mass is 10.0. The van der Waals surface area contributed by atoms with Gasteiger partial charge in [0.05, 0.1) is 5.56 Å². The van der Waals surface area contributed by atoms with E-state index in [1.54, 1.807) is 6.07 Å². The molecule has 0 aliphatic rings. The van der Waals surface area contributed by atoms with Crippen LogP contribution in [0.5, 0.6) is 5.75 Å². The van der Waals surface area contributed by atoms with Gasteiger partial charge < -0.3 is 10.4 Å². The number of hydrogen-bond acceptors (Lipinski definition) is 2. The Morgan fingerprint density at radius 2 is 1.21 bits per heavy atom. The van der Waals surface area contributed by atoms with E-state index < -0.39 is 0 Å². The lowest BCUT2D eigenvalue weighted by molar-refractivity contribution is 0.0950. The zero-order chi connectivity index (χ0) is 23.7. The summed E-state index contributed by atoms with van der Waals surface area (Å²) in [5.41, 5.74) is 0.331. The van der Waals surface area contributed by atoms with Crippen LogP contribution in [0.2, 0.25) is 0 Å². The first kappa shape index (κ1) is 27.7. The summed E-state index contributed by atoms with van der Waals surface area (Å²) < 4.78 is 0.823. The zero-order valence-corrected chi connectivity index (χ0v) is 22.2. The van der Waals surface area contributed by atoms with Crippen molar-refractivity contribution in [2.45, 2.75) is 110 Å². The Morgan fingerprint density at radius 3 is 1.73 bits per heavy atom. The van der Waals surface area contributed by atoms with Crippen molar-refractivity contribution >= 4 is 32.6 Å². The maximum Gasteiger partial charge on any atom is 0.255 e. The second kappa shape index (κ2) is 17.0. The third-order valence-electron chi connectivity index (χ3n) is 6.53. The number of halogens is 1. The van der Waals surface area contributed by atoms with E-state index in [1.165, 1.54) is 89.9 Å². The number of hydrogen-bond donors (Lipinski definition) is 2. The molecule has 0 radical (unpaired) electrons. The third kappa shape index (κ3) is 10.5. The molecule has 0 atom stereocenters. The van der Waals surface area contributed by atoms with Gasteiger partial charge in [-0.05, 0) is 17.9 Å². The minimum atomic E-state index is -0.208. The number of benzene rings is 2. The number of unbranched alkanes of at least 4 members (excludes halogenated alkanes) is 15. The van der Waals surface area contributed by atoms with Gasteiger partial charge in [0.2, 0.25) is 0 Å². The van der Waals surface area contributed by atoms with Gasteiger partial charge in [-0.15, -0.1) is 0 Å². The Morgan fingerprint density at radius 1 is 0.758 bits per heavy atom. The molecule has 0 aromatic heterocycles. The molecule has 0 saturated heterocycles. The summed E-state index contributed by atoms with van der Waals surface area (Å²) in [6.07, 6.45) is 21.4. The number of fused-ring (bicyclic) bond motifs is 1. The molecule has 2 rings (SSSR count). The molecule has 1 amide bonds. The number of amides is 1. The Labute approximate surface area is 209 Å². The molecule has 0 fully saturated rings. The Balaban J connectivity index is 1.46. The van der Waals surface area contributed by atoms with Crippen LogP contribution in [-0.4, -0.2) is 17.6 Å². The van der Waals surface area contributed by atoms with E-state index in [4.69, 9.17) is 0 Å². The Hall–Kier alpha value is -1.55. The summed E-state index contributed by atoms with van der Waals surface area (Å²) in [5, 5.41) is 15.1. The molecule has 184 valence electrons. The predicted molar refractivity (Wildman–Crippen MR) is 145 cm³/mol. The van der Waals surface area contributed by atoms with E-state index in [9.17, 15) is 9.90 Å². The van der Waals surface area contributed by atoms with Crippen LogP contribution in [-0.2, 0) is 0 Å². The van der Waals surface area contributed by atoms with Crippen LogP contribution < -0.4 is 5.32 Å². The lowest BCUT2D eigenvalue weighted by Gasteiger charge is -2.10. The molecule has 0 aliphatic carbocycles. The smallest absolute Gasteiger partial charge is 0.255 e. The van der Waals surface area contributed by atoms with Gasteiger partial charge in [0.25, 0.3) is 5.91 Å². The van der Waals surface area contributed by atoms with Gasteiger partial charge in [-0.25, -0.2) is 0 Å². The standard InChI is InChI=1S/C29H44BrNO2/c1-2-3-4-5-6-7-8-9-10-11-12-13-14-15-16-19-22-31-29(33)26-23-27(30)24-20-17-18-21-25(24)28(26)32/h17-18,20-21,23,32H,2-16,19,22H2,1H3,(H,31,33). The van der Waals surface area contributed by atoms with Crippen LogP contribution in [0.15, 0.2) is 34.8 Å². The third-order valence-corrected chi connectivity index (χ3v) is 7.18. The highest BCUT2D eigenvalue weighted by Gasteiger charge is 2.15. The molecule has 2 aromatic carbocycles. The van der Waals surface area contributed by atoms with Crippen molar-refractivity contribution in [2.24, 2.45) is 0 Å². The Kier molecular flexibility index (Phi) is 14.2. The second-order valence-corrected chi connectivity index (χ2v) is 10.2. The summed E-state index contributed by atoms with van der Waals surface area (Å²) in [7, 11) is 0. The van der Waals surface area contributed by atoms with E-state index in [-0.39, 0.29) is 11.7 Å². The Bertz CT molecular complexity index is 821. The molecular weight excluding hydrogens is 474 g/mol. The molecule has 2 N–H and O–H groups in total. The van der Waals surface area contributed by atoms with Gasteiger partial charge in [0, 0.05) is 16.4 Å². The summed E-state index contributed by atoms with van der Waals surface area (Å²) in [6.45, 7) is 2.93. The van der Waals surface area contributed by atoms with Crippen molar-refractivity contribution in [3.8, 4) is 5.75 Å². The predicted octanol–water partition coefficient (Wildman–Crippen LogP) is 9.30. The number of aromatic hydroxyl groups is 1. The summed E-state index contributed by atoms with van der Waals surface area (Å²) >= 11 is 3.51. The minimum absolute atomic E-state index is 0.0540. The normalized spacial score (nSPS) is 11.2. The van der Waals surface area contributed by atoms with E-state index in [0.717, 1.165) is 22.7 Å². The average Bonchev–Trinajstić information content (AvgIpc) is 2.83. The minimum Gasteiger partial charge on any atom is -0.506 e. The lowest BCUT2D eigenvalue weighted by Crippen LogP contribution is -2.24. The van der Waals surface area contributed by atoms with Crippen molar-refractivity contribution in [3.63, 3.8) is 0 Å². The van der Waals surface area contributed by atoms with Gasteiger partial charge in [-0.1, -0.05) is 143 Å². The number of rotatable bonds is 18. The molecule has 0 aliphatic heterocycles. The number of phenols is 1. The molecule has 0 bridgehead atoms. The van der Waals surface area contributed by atoms with E-state index in [2.05, 4.69) is 28.2 Å². The van der Waals surface area contributed by atoms with Crippen LogP contribution in [0.3, 0.4) is 0 Å². The zero-order valence-electron chi connectivity index (χ0n) is 20.6. The van der Waals surface area contributed by atoms with Crippen molar-refractivity contribution in [1.29, 1.82) is 0 Å². The fourth-order valence-corrected chi connectivity index (χ4v) is 5.03. The molecule has 0 unspecified atom stereocenters. The second-order valence-electron chi connectivity index (χ2n) is 9.36. The van der Waals surface area contributed by atoms with Gasteiger partial charge in [0.1, 0.15) is 5.75 Å². The van der Waals surface area contributed by atoms with Crippen molar-refractivity contribution < 1.29 is 9.90 Å². The topological polar surface area (TPSA) is 49.3 Å². The first-order chi connectivity index (χ1) is 16.1. The van der Waals surface area contributed by atoms with Crippen LogP contribution in [0, 0.1) is 0 Å². The molecule has 4 heteroatoms. The first-order valence-corrected chi connectivity index (χ1v) is 14.1. The summed E-state index contributed by atoms with van der Waals surface area (Å²) in [4.78, 5) is 12.5. The van der Waals surface area contributed by atoms with E-state index in [0.29, 0.717) is 17.5 Å². The van der Waals surface area contributed by atoms with Gasteiger partial charge in [0.15, 0.2) is 0 Å². The van der Waals surface area contributed by atoms with E-state index >= 15 is 0 Å². The van der Waals surface area contributed by atoms with Crippen LogP contribution in [0.25, 0.3) is 10.8 Å². The molecule has 3 nitrogen and oxygen atoms in total. The average molecular weight is 519 g/mol. The quantitative estimate of drug-likeness (QED) is 0.193. The van der Waals surface area contributed by atoms with E-state index in [1.807, 2.05) is 24.3 Å². The number of carbonyl (C=O) groups excluding carboxylic acids is 1. The molecule has 2 aromatic rings.